The van der Waals surface area contributed by atoms with Crippen LogP contribution in [-0.4, -0.2) is 87.3 Å². The van der Waals surface area contributed by atoms with E-state index in [1.807, 2.05) is 297 Å². The molecule has 0 spiro atoms. The number of nitriles is 2. The monoisotopic (exact) mass is 1620 g/mol. The van der Waals surface area contributed by atoms with Crippen LogP contribution in [0.4, 0.5) is 0 Å². The molecule has 1 saturated heterocycles. The molecule has 1 fully saturated rings. The van der Waals surface area contributed by atoms with E-state index in [1.165, 1.54) is 0 Å². The summed E-state index contributed by atoms with van der Waals surface area (Å²) in [4.78, 5) is 57.7. The molecule has 0 unspecified atom stereocenters. The fourth-order valence-electron chi connectivity index (χ4n) is 15.3. The summed E-state index contributed by atoms with van der Waals surface area (Å²) in [5.41, 5.74) is 16.2. The zero-order valence-electron chi connectivity index (χ0n) is 67.6. The lowest BCUT2D eigenvalue weighted by Crippen LogP contribution is -2.41. The molecule has 0 bridgehead atoms. The first-order valence-electron chi connectivity index (χ1n) is 40.4. The van der Waals surface area contributed by atoms with Gasteiger partial charge in [0.25, 0.3) is 0 Å². The van der Waals surface area contributed by atoms with Crippen LogP contribution < -0.4 is 5.46 Å². The van der Waals surface area contributed by atoms with E-state index >= 15 is 0 Å². The standard InChI is InChI=1S/C49H30N8.C40H32BN5O2.C15H10ClN3/c50-31-32-25-27-43(40(29-32)49-55-46(35-19-9-3-10-20-35)52-47(56-49)36-21-11-4-12-22-36)57-41-24-14-13-23-38(41)39-30-37(26-28-42(39)57)48-53-44(33-15-5-1-6-16-33)51-45(54-48)34-17-7-2-8-18-34;1-39(2)40(3,4)48-41(47-39)29-20-22-34-31(24-29)30-17-11-12-18-33(30)46(34)35-21-19-26(25-42)23-32(35)38-44-36(27-13-7-5-8-14-27)43-37(45-38)28-15-9-6-10-16-28;16-15-18-13(11-7-3-1-4-8-11)17-14(19-15)12-9-5-2-6-10-12/h1-30H;5-24H,1-4H3;1-10H. The predicted molar refractivity (Wildman–Crippen MR) is 491 cm³/mol. The molecule has 21 rings (SSSR count). The molecular formula is C104H72BClN16O2. The lowest BCUT2D eigenvalue weighted by Gasteiger charge is -2.32. The number of rotatable bonds is 14. The Labute approximate surface area is 720 Å². The highest BCUT2D eigenvalue weighted by molar-refractivity contribution is 6.62. The third kappa shape index (κ3) is 15.7. The normalized spacial score (nSPS) is 12.6. The molecule has 7 heterocycles. The van der Waals surface area contributed by atoms with Crippen molar-refractivity contribution in [3.05, 3.63) is 380 Å². The quantitative estimate of drug-likeness (QED) is 0.0921. The first-order chi connectivity index (χ1) is 60.7. The zero-order valence-corrected chi connectivity index (χ0v) is 68.3. The van der Waals surface area contributed by atoms with Crippen molar-refractivity contribution in [1.29, 1.82) is 10.5 Å². The maximum absolute atomic E-state index is 10.1. The van der Waals surface area contributed by atoms with Crippen LogP contribution in [0.15, 0.2) is 364 Å². The Hall–Kier alpha value is -16.0. The molecule has 14 aromatic carbocycles. The van der Waals surface area contributed by atoms with Crippen LogP contribution in [-0.2, 0) is 9.31 Å². The van der Waals surface area contributed by atoms with Gasteiger partial charge in [-0.3, -0.25) is 0 Å². The molecule has 1 aliphatic heterocycles. The van der Waals surface area contributed by atoms with Gasteiger partial charge >= 0.3 is 7.12 Å². The maximum Gasteiger partial charge on any atom is 0.494 e. The molecule has 0 radical (unpaired) electrons. The SMILES string of the molecule is CC1(C)OB(c2ccc3c(c2)c2ccccc2n3-c2ccc(C#N)cc2-c2nc(-c3ccccc3)nc(-c3ccccc3)n2)OC1(C)C.Clc1nc(-c2ccccc2)nc(-c2ccccc2)n1.N#Cc1ccc(-n2c3ccccc3c3cc(-c4nc(-c5ccccc5)nc(-c5ccccc5)n4)ccc32)c(-c2nc(-c3ccccc3)nc(-c3ccccc3)n2)c1. The van der Waals surface area contributed by atoms with E-state index in [-0.39, 0.29) is 5.28 Å². The van der Waals surface area contributed by atoms with Crippen molar-refractivity contribution in [2.75, 3.05) is 0 Å². The molecule has 6 aromatic heterocycles. The number of aromatic nitrogens is 14. The number of hydrogen-bond donors (Lipinski definition) is 0. The van der Waals surface area contributed by atoms with E-state index < -0.39 is 18.3 Å². The Morgan fingerprint density at radius 3 is 0.831 bits per heavy atom. The van der Waals surface area contributed by atoms with Crippen molar-refractivity contribution in [1.82, 2.24) is 68.9 Å². The molecule has 124 heavy (non-hydrogen) atoms. The zero-order chi connectivity index (χ0) is 84.3. The number of fused-ring (bicyclic) bond motifs is 6. The highest BCUT2D eigenvalue weighted by atomic mass is 35.5. The van der Waals surface area contributed by atoms with Crippen LogP contribution >= 0.6 is 11.6 Å². The summed E-state index contributed by atoms with van der Waals surface area (Å²) in [7, 11) is -0.481. The summed E-state index contributed by atoms with van der Waals surface area (Å²) in [6.45, 7) is 8.27. The molecule has 20 heteroatoms. The highest BCUT2D eigenvalue weighted by Crippen LogP contribution is 2.43. The topological polar surface area (TPSA) is 231 Å². The van der Waals surface area contributed by atoms with Gasteiger partial charge in [0, 0.05) is 82.7 Å². The van der Waals surface area contributed by atoms with Gasteiger partial charge in [-0.15, -0.1) is 0 Å². The van der Waals surface area contributed by atoms with Crippen LogP contribution in [0.3, 0.4) is 0 Å². The smallest absolute Gasteiger partial charge is 0.399 e. The van der Waals surface area contributed by atoms with E-state index in [4.69, 9.17) is 65.8 Å². The molecule has 590 valence electrons. The van der Waals surface area contributed by atoms with E-state index in [0.29, 0.717) is 80.8 Å². The molecule has 0 aliphatic carbocycles. The third-order valence-corrected chi connectivity index (χ3v) is 22.3. The van der Waals surface area contributed by atoms with Crippen LogP contribution in [0.5, 0.6) is 0 Å². The molecule has 1 aliphatic rings. The summed E-state index contributed by atoms with van der Waals surface area (Å²) >= 11 is 5.99. The predicted octanol–water partition coefficient (Wildman–Crippen LogP) is 23.0. The lowest BCUT2D eigenvalue weighted by atomic mass is 9.78. The van der Waals surface area contributed by atoms with Gasteiger partial charge in [0.2, 0.25) is 5.28 Å². The molecular weight excluding hydrogens is 1550 g/mol. The number of halogens is 1. The van der Waals surface area contributed by atoms with Crippen molar-refractivity contribution < 1.29 is 9.31 Å². The van der Waals surface area contributed by atoms with E-state index in [2.05, 4.69) is 131 Å². The van der Waals surface area contributed by atoms with Gasteiger partial charge in [0.05, 0.1) is 67.9 Å². The second kappa shape index (κ2) is 33.6. The van der Waals surface area contributed by atoms with Crippen molar-refractivity contribution in [3.8, 4) is 149 Å². The van der Waals surface area contributed by atoms with Crippen LogP contribution in [0.1, 0.15) is 38.8 Å². The number of para-hydroxylation sites is 2. The fraction of sp³-hybridized carbons (Fsp3) is 0.0577. The van der Waals surface area contributed by atoms with Crippen LogP contribution in [0.2, 0.25) is 5.28 Å². The minimum Gasteiger partial charge on any atom is -0.399 e. The Balaban J connectivity index is 0.000000136. The van der Waals surface area contributed by atoms with Crippen molar-refractivity contribution >= 4 is 67.8 Å². The minimum absolute atomic E-state index is 0.202. The van der Waals surface area contributed by atoms with Gasteiger partial charge in [-0.1, -0.05) is 291 Å². The molecule has 20 aromatic rings. The summed E-state index contributed by atoms with van der Waals surface area (Å²) < 4.78 is 17.3. The van der Waals surface area contributed by atoms with Gasteiger partial charge in [-0.05, 0) is 118 Å². The number of benzene rings is 14. The van der Waals surface area contributed by atoms with Crippen molar-refractivity contribution in [2.45, 2.75) is 38.9 Å². The molecule has 0 amide bonds. The number of hydrogen-bond acceptors (Lipinski definition) is 16. The first-order valence-corrected chi connectivity index (χ1v) is 40.8. The van der Waals surface area contributed by atoms with Gasteiger partial charge in [0.15, 0.2) is 64.1 Å². The Kier molecular flexibility index (Phi) is 21.1. The first kappa shape index (κ1) is 77.9. The van der Waals surface area contributed by atoms with Gasteiger partial charge in [-0.25, -0.2) is 49.8 Å². The fourth-order valence-corrected chi connectivity index (χ4v) is 15.4. The molecule has 0 saturated carbocycles. The average Bonchev–Trinajstić information content (AvgIpc) is 1.59. The Bertz CT molecular complexity index is 7220. The Morgan fingerprint density at radius 2 is 0.516 bits per heavy atom. The third-order valence-electron chi connectivity index (χ3n) is 22.1. The van der Waals surface area contributed by atoms with Gasteiger partial charge < -0.3 is 18.4 Å². The average molecular weight is 1620 g/mol. The summed E-state index contributed by atoms with van der Waals surface area (Å²) in [5.74, 6) is 6.09. The second-order valence-corrected chi connectivity index (χ2v) is 30.9. The summed E-state index contributed by atoms with van der Waals surface area (Å²) in [6, 6.07) is 124. The van der Waals surface area contributed by atoms with Crippen LogP contribution in [0.25, 0.3) is 180 Å². The summed E-state index contributed by atoms with van der Waals surface area (Å²) in [6.07, 6.45) is 0. The van der Waals surface area contributed by atoms with E-state index in [1.54, 1.807) is 0 Å². The van der Waals surface area contributed by atoms with Crippen molar-refractivity contribution in [2.24, 2.45) is 0 Å². The maximum atomic E-state index is 10.1. The number of nitrogens with zero attached hydrogens (tertiary/aromatic N) is 16. The largest absolute Gasteiger partial charge is 0.494 e. The second-order valence-electron chi connectivity index (χ2n) is 30.6. The van der Waals surface area contributed by atoms with E-state index in [9.17, 15) is 10.5 Å². The van der Waals surface area contributed by atoms with Crippen LogP contribution in [0, 0.1) is 22.7 Å². The van der Waals surface area contributed by atoms with E-state index in [0.717, 1.165) is 116 Å². The highest BCUT2D eigenvalue weighted by Gasteiger charge is 2.52. The molecule has 0 atom stereocenters. The van der Waals surface area contributed by atoms with Crippen molar-refractivity contribution in [3.63, 3.8) is 0 Å². The Morgan fingerprint density at radius 1 is 0.258 bits per heavy atom. The van der Waals surface area contributed by atoms with Gasteiger partial charge in [-0.2, -0.15) is 20.5 Å². The summed E-state index contributed by atoms with van der Waals surface area (Å²) in [5, 5.41) is 24.6. The minimum atomic E-state index is -0.481. The molecule has 18 nitrogen and oxygen atoms in total. The molecule has 0 N–H and O–H groups in total. The lowest BCUT2D eigenvalue weighted by molar-refractivity contribution is 0.00578. The van der Waals surface area contributed by atoms with Gasteiger partial charge in [0.1, 0.15) is 0 Å².